The van der Waals surface area contributed by atoms with Gasteiger partial charge in [-0.2, -0.15) is 0 Å². The van der Waals surface area contributed by atoms with Crippen molar-refractivity contribution in [1.29, 1.82) is 0 Å². The second kappa shape index (κ2) is 7.70. The minimum atomic E-state index is -0.366. The van der Waals surface area contributed by atoms with Crippen molar-refractivity contribution in [3.05, 3.63) is 33.9 Å². The Kier molecular flexibility index (Phi) is 6.24. The first-order chi connectivity index (χ1) is 9.10. The quantitative estimate of drug-likeness (QED) is 0.444. The van der Waals surface area contributed by atoms with Crippen LogP contribution in [-0.2, 0) is 11.3 Å². The first-order valence-electron chi connectivity index (χ1n) is 6.30. The fourth-order valence-corrected chi connectivity index (χ4v) is 1.89. The van der Waals surface area contributed by atoms with Crippen LogP contribution in [0.3, 0.4) is 0 Å². The molecular formula is C13H21N3O3. The zero-order chi connectivity index (χ0) is 14.3. The minimum Gasteiger partial charge on any atom is -0.382 e. The van der Waals surface area contributed by atoms with Crippen LogP contribution in [0.25, 0.3) is 0 Å². The molecule has 0 aromatic heterocycles. The smallest absolute Gasteiger partial charge is 0.292 e. The van der Waals surface area contributed by atoms with Crippen molar-refractivity contribution in [2.24, 2.45) is 0 Å². The van der Waals surface area contributed by atoms with Crippen molar-refractivity contribution in [3.63, 3.8) is 0 Å². The van der Waals surface area contributed by atoms with Gasteiger partial charge in [-0.05, 0) is 19.5 Å². The molecule has 1 aromatic carbocycles. The third kappa shape index (κ3) is 4.50. The molecule has 0 saturated heterocycles. The summed E-state index contributed by atoms with van der Waals surface area (Å²) >= 11 is 0. The van der Waals surface area contributed by atoms with Crippen LogP contribution in [0.5, 0.6) is 0 Å². The Morgan fingerprint density at radius 1 is 1.47 bits per heavy atom. The van der Waals surface area contributed by atoms with Crippen LogP contribution in [0, 0.1) is 10.1 Å². The number of likely N-dealkylation sites (N-methyl/N-ethyl adjacent to an activating group) is 1. The molecule has 0 fully saturated rings. The molecule has 1 rings (SSSR count). The van der Waals surface area contributed by atoms with Crippen LogP contribution in [0.1, 0.15) is 12.5 Å². The van der Waals surface area contributed by atoms with Gasteiger partial charge in [-0.1, -0.05) is 12.1 Å². The van der Waals surface area contributed by atoms with E-state index in [9.17, 15) is 10.1 Å². The zero-order valence-electron chi connectivity index (χ0n) is 11.7. The lowest BCUT2D eigenvalue weighted by atomic mass is 10.1. The molecule has 0 aliphatic heterocycles. The number of hydrogen-bond donors (Lipinski definition) is 1. The molecule has 0 spiro atoms. The fourth-order valence-electron chi connectivity index (χ4n) is 1.89. The summed E-state index contributed by atoms with van der Waals surface area (Å²) < 4.78 is 5.29. The van der Waals surface area contributed by atoms with Crippen LogP contribution < -0.4 is 5.32 Å². The second-order valence-corrected chi connectivity index (χ2v) is 4.25. The Bertz CT molecular complexity index is 424. The largest absolute Gasteiger partial charge is 0.382 e. The van der Waals surface area contributed by atoms with Crippen LogP contribution in [0.15, 0.2) is 18.2 Å². The summed E-state index contributed by atoms with van der Waals surface area (Å²) in [5.74, 6) is 0. The predicted molar refractivity (Wildman–Crippen MR) is 75.5 cm³/mol. The highest BCUT2D eigenvalue weighted by atomic mass is 16.6. The normalized spacial score (nSPS) is 10.7. The van der Waals surface area contributed by atoms with Crippen LogP contribution in [0.2, 0.25) is 0 Å². The molecule has 0 aliphatic rings. The molecule has 1 aromatic rings. The van der Waals surface area contributed by atoms with E-state index < -0.39 is 0 Å². The number of nitrogens with zero attached hydrogens (tertiary/aromatic N) is 2. The SMILES string of the molecule is CCOCCN(C)Cc1cccc([N+](=O)[O-])c1NC. The fraction of sp³-hybridized carbons (Fsp3) is 0.538. The first-order valence-corrected chi connectivity index (χ1v) is 6.30. The Morgan fingerprint density at radius 3 is 2.79 bits per heavy atom. The number of nitrogens with one attached hydrogen (secondary N) is 1. The third-order valence-electron chi connectivity index (χ3n) is 2.84. The summed E-state index contributed by atoms with van der Waals surface area (Å²) in [6.45, 7) is 4.76. The van der Waals surface area contributed by atoms with Crippen molar-refractivity contribution in [2.45, 2.75) is 13.5 Å². The lowest BCUT2D eigenvalue weighted by Crippen LogP contribution is -2.23. The Morgan fingerprint density at radius 2 is 2.21 bits per heavy atom. The van der Waals surface area contributed by atoms with E-state index in [1.165, 1.54) is 6.07 Å². The maximum atomic E-state index is 11.0. The first kappa shape index (κ1) is 15.4. The van der Waals surface area contributed by atoms with Gasteiger partial charge in [-0.3, -0.25) is 15.0 Å². The molecule has 1 N–H and O–H groups in total. The Hall–Kier alpha value is -1.66. The van der Waals surface area contributed by atoms with Gasteiger partial charge in [-0.25, -0.2) is 0 Å². The highest BCUT2D eigenvalue weighted by Gasteiger charge is 2.16. The average Bonchev–Trinajstić information content (AvgIpc) is 2.38. The standard InChI is InChI=1S/C13H21N3O3/c1-4-19-9-8-15(3)10-11-6-5-7-12(16(17)18)13(11)14-2/h5-7,14H,4,8-10H2,1-3H3. The molecule has 0 saturated carbocycles. The molecule has 0 radical (unpaired) electrons. The predicted octanol–water partition coefficient (Wildman–Crippen LogP) is 2.10. The number of benzene rings is 1. The molecule has 6 nitrogen and oxygen atoms in total. The molecule has 0 aliphatic carbocycles. The Balaban J connectivity index is 2.77. The van der Waals surface area contributed by atoms with Crippen molar-refractivity contribution in [3.8, 4) is 0 Å². The summed E-state index contributed by atoms with van der Waals surface area (Å²) in [5.41, 5.74) is 1.60. The van der Waals surface area contributed by atoms with Gasteiger partial charge >= 0.3 is 0 Å². The van der Waals surface area contributed by atoms with Gasteiger partial charge in [0.25, 0.3) is 5.69 Å². The summed E-state index contributed by atoms with van der Waals surface area (Å²) in [6, 6.07) is 5.12. The molecule has 0 bridgehead atoms. The van der Waals surface area contributed by atoms with E-state index in [1.54, 1.807) is 13.1 Å². The van der Waals surface area contributed by atoms with Crippen molar-refractivity contribution < 1.29 is 9.66 Å². The number of nitro benzene ring substituents is 1. The zero-order valence-corrected chi connectivity index (χ0v) is 11.7. The summed E-state index contributed by atoms with van der Waals surface area (Å²) in [4.78, 5) is 12.7. The average molecular weight is 267 g/mol. The van der Waals surface area contributed by atoms with Crippen molar-refractivity contribution in [2.75, 3.05) is 39.2 Å². The molecule has 6 heteroatoms. The lowest BCUT2D eigenvalue weighted by molar-refractivity contribution is -0.384. The van der Waals surface area contributed by atoms with Crippen molar-refractivity contribution >= 4 is 11.4 Å². The molecule has 0 atom stereocenters. The van der Waals surface area contributed by atoms with E-state index in [-0.39, 0.29) is 10.6 Å². The second-order valence-electron chi connectivity index (χ2n) is 4.25. The van der Waals surface area contributed by atoms with Gasteiger partial charge in [0.05, 0.1) is 11.5 Å². The molecule has 0 amide bonds. The van der Waals surface area contributed by atoms with Gasteiger partial charge in [0, 0.05) is 32.8 Å². The number of anilines is 1. The van der Waals surface area contributed by atoms with E-state index in [1.807, 2.05) is 20.0 Å². The van der Waals surface area contributed by atoms with Crippen LogP contribution >= 0.6 is 0 Å². The number of hydrogen-bond acceptors (Lipinski definition) is 5. The monoisotopic (exact) mass is 267 g/mol. The molecule has 106 valence electrons. The number of para-hydroxylation sites is 1. The summed E-state index contributed by atoms with van der Waals surface area (Å²) in [5, 5.41) is 13.9. The van der Waals surface area contributed by atoms with Gasteiger partial charge in [-0.15, -0.1) is 0 Å². The molecule has 19 heavy (non-hydrogen) atoms. The lowest BCUT2D eigenvalue weighted by Gasteiger charge is -2.18. The van der Waals surface area contributed by atoms with Gasteiger partial charge in [0.15, 0.2) is 0 Å². The maximum absolute atomic E-state index is 11.0. The molecule has 0 unspecified atom stereocenters. The van der Waals surface area contributed by atoms with Gasteiger partial charge in [0.1, 0.15) is 5.69 Å². The molecule has 0 heterocycles. The highest BCUT2D eigenvalue weighted by molar-refractivity contribution is 5.66. The van der Waals surface area contributed by atoms with E-state index in [4.69, 9.17) is 4.74 Å². The number of ether oxygens (including phenoxy) is 1. The van der Waals surface area contributed by atoms with E-state index in [0.717, 1.165) is 12.1 Å². The van der Waals surface area contributed by atoms with E-state index >= 15 is 0 Å². The minimum absolute atomic E-state index is 0.109. The number of rotatable bonds is 8. The van der Waals surface area contributed by atoms with Crippen LogP contribution in [0.4, 0.5) is 11.4 Å². The summed E-state index contributed by atoms with van der Waals surface area (Å²) in [6.07, 6.45) is 0. The van der Waals surface area contributed by atoms with Crippen molar-refractivity contribution in [1.82, 2.24) is 4.90 Å². The van der Waals surface area contributed by atoms with Gasteiger partial charge < -0.3 is 10.1 Å². The summed E-state index contributed by atoms with van der Waals surface area (Å²) in [7, 11) is 3.67. The Labute approximate surface area is 113 Å². The van der Waals surface area contributed by atoms with Crippen LogP contribution in [-0.4, -0.2) is 43.7 Å². The maximum Gasteiger partial charge on any atom is 0.292 e. The third-order valence-corrected chi connectivity index (χ3v) is 2.84. The molecular weight excluding hydrogens is 246 g/mol. The van der Waals surface area contributed by atoms with E-state index in [2.05, 4.69) is 10.2 Å². The number of nitro groups is 1. The van der Waals surface area contributed by atoms with E-state index in [0.29, 0.717) is 25.4 Å². The van der Waals surface area contributed by atoms with Gasteiger partial charge in [0.2, 0.25) is 0 Å². The highest BCUT2D eigenvalue weighted by Crippen LogP contribution is 2.28. The topological polar surface area (TPSA) is 67.6 Å².